The lowest BCUT2D eigenvalue weighted by Gasteiger charge is -2.30. The smallest absolute Gasteiger partial charge is 0.276 e. The van der Waals surface area contributed by atoms with E-state index in [1.165, 1.54) is 18.2 Å². The summed E-state index contributed by atoms with van der Waals surface area (Å²) in [5.74, 6) is 0.323. The Labute approximate surface area is 86.7 Å². The van der Waals surface area contributed by atoms with Crippen molar-refractivity contribution < 1.29 is 9.59 Å². The van der Waals surface area contributed by atoms with E-state index in [4.69, 9.17) is 0 Å². The van der Waals surface area contributed by atoms with E-state index in [2.05, 4.69) is 15.3 Å². The van der Waals surface area contributed by atoms with Crippen LogP contribution in [0.2, 0.25) is 0 Å². The summed E-state index contributed by atoms with van der Waals surface area (Å²) in [4.78, 5) is 31.3. The largest absolute Gasteiger partial charge is 0.351 e. The van der Waals surface area contributed by atoms with Gasteiger partial charge in [-0.15, -0.1) is 0 Å². The number of H-pyrrole nitrogens is 1. The van der Waals surface area contributed by atoms with Gasteiger partial charge in [0.1, 0.15) is 5.69 Å². The summed E-state index contributed by atoms with van der Waals surface area (Å²) >= 11 is 0. The van der Waals surface area contributed by atoms with Crippen LogP contribution in [0.15, 0.2) is 6.33 Å². The number of rotatable bonds is 2. The summed E-state index contributed by atoms with van der Waals surface area (Å²) in [6, 6.07) is -0.415. The zero-order chi connectivity index (χ0) is 11.0. The van der Waals surface area contributed by atoms with Crippen LogP contribution in [-0.4, -0.2) is 39.3 Å². The van der Waals surface area contributed by atoms with Gasteiger partial charge >= 0.3 is 0 Å². The lowest BCUT2D eigenvalue weighted by Crippen LogP contribution is -2.48. The third kappa shape index (κ3) is 1.47. The molecule has 1 amide bonds. The predicted octanol–water partition coefficient (Wildman–Crippen LogP) is 0.212. The quantitative estimate of drug-likeness (QED) is 0.728. The highest BCUT2D eigenvalue weighted by Crippen LogP contribution is 2.19. The SMILES string of the molecule is CC(=O)C(C)N1CNc2nc[nH]c2C1=O. The van der Waals surface area contributed by atoms with E-state index in [9.17, 15) is 9.59 Å². The zero-order valence-electron chi connectivity index (χ0n) is 8.57. The lowest BCUT2D eigenvalue weighted by molar-refractivity contribution is -0.120. The maximum Gasteiger partial charge on any atom is 0.276 e. The standard InChI is InChI=1S/C9H12N4O2/c1-5(6(2)14)13-4-12-8-7(9(13)15)10-3-11-8/h3,5,12H,4H2,1-2H3,(H,10,11). The molecule has 0 aliphatic carbocycles. The molecule has 1 aromatic rings. The molecule has 2 rings (SSSR count). The minimum absolute atomic E-state index is 0.0342. The number of aromatic amines is 1. The second kappa shape index (κ2) is 3.38. The number of aromatic nitrogens is 2. The van der Waals surface area contributed by atoms with Crippen LogP contribution < -0.4 is 5.32 Å². The van der Waals surface area contributed by atoms with E-state index in [-0.39, 0.29) is 11.7 Å². The molecule has 80 valence electrons. The van der Waals surface area contributed by atoms with Gasteiger partial charge in [-0.3, -0.25) is 9.59 Å². The molecule has 0 bridgehead atoms. The van der Waals surface area contributed by atoms with Crippen molar-refractivity contribution in [1.82, 2.24) is 14.9 Å². The Kier molecular flexibility index (Phi) is 2.18. The Hall–Kier alpha value is -1.85. The maximum atomic E-state index is 11.9. The number of nitrogens with one attached hydrogen (secondary N) is 2. The van der Waals surface area contributed by atoms with Crippen LogP contribution in [0.5, 0.6) is 0 Å². The summed E-state index contributed by atoms with van der Waals surface area (Å²) in [7, 11) is 0. The monoisotopic (exact) mass is 208 g/mol. The van der Waals surface area contributed by atoms with Gasteiger partial charge in [0.25, 0.3) is 5.91 Å². The molecule has 2 heterocycles. The minimum Gasteiger partial charge on any atom is -0.351 e. The van der Waals surface area contributed by atoms with Gasteiger partial charge in [-0.05, 0) is 13.8 Å². The van der Waals surface area contributed by atoms with Crippen molar-refractivity contribution in [2.45, 2.75) is 19.9 Å². The van der Waals surface area contributed by atoms with E-state index in [1.807, 2.05) is 0 Å². The minimum atomic E-state index is -0.415. The first-order chi connectivity index (χ1) is 7.11. The van der Waals surface area contributed by atoms with Crippen LogP contribution in [0.4, 0.5) is 5.82 Å². The highest BCUT2D eigenvalue weighted by atomic mass is 16.2. The molecule has 6 heteroatoms. The Morgan fingerprint density at radius 3 is 3.07 bits per heavy atom. The Balaban J connectivity index is 2.27. The summed E-state index contributed by atoms with van der Waals surface area (Å²) in [6.07, 6.45) is 1.46. The number of carbonyl (C=O) groups excluding carboxylic acids is 2. The zero-order valence-corrected chi connectivity index (χ0v) is 8.57. The fourth-order valence-electron chi connectivity index (χ4n) is 1.50. The summed E-state index contributed by atoms with van der Waals surface area (Å²) < 4.78 is 0. The molecule has 15 heavy (non-hydrogen) atoms. The molecule has 2 N–H and O–H groups in total. The lowest BCUT2D eigenvalue weighted by atomic mass is 10.2. The van der Waals surface area contributed by atoms with E-state index >= 15 is 0 Å². The number of carbonyl (C=O) groups is 2. The topological polar surface area (TPSA) is 78.1 Å². The van der Waals surface area contributed by atoms with Crippen LogP contribution in [0.1, 0.15) is 24.3 Å². The number of hydrogen-bond donors (Lipinski definition) is 2. The van der Waals surface area contributed by atoms with Gasteiger partial charge in [-0.1, -0.05) is 0 Å². The molecule has 1 aromatic heterocycles. The first-order valence-electron chi connectivity index (χ1n) is 4.70. The van der Waals surface area contributed by atoms with Gasteiger partial charge < -0.3 is 15.2 Å². The molecule has 0 fully saturated rings. The van der Waals surface area contributed by atoms with E-state index < -0.39 is 6.04 Å². The van der Waals surface area contributed by atoms with Crippen molar-refractivity contribution in [3.8, 4) is 0 Å². The number of nitrogens with zero attached hydrogens (tertiary/aromatic N) is 2. The number of hydrogen-bond acceptors (Lipinski definition) is 4. The first-order valence-corrected chi connectivity index (χ1v) is 4.70. The summed E-state index contributed by atoms with van der Waals surface area (Å²) in [5, 5.41) is 2.97. The molecule has 1 aliphatic rings. The molecular formula is C9H12N4O2. The molecule has 1 unspecified atom stereocenters. The van der Waals surface area contributed by atoms with Crippen molar-refractivity contribution in [2.24, 2.45) is 0 Å². The van der Waals surface area contributed by atoms with Crippen molar-refractivity contribution >= 4 is 17.5 Å². The van der Waals surface area contributed by atoms with Gasteiger partial charge in [0, 0.05) is 0 Å². The molecule has 0 saturated heterocycles. The van der Waals surface area contributed by atoms with Gasteiger partial charge in [-0.2, -0.15) is 0 Å². The normalized spacial score (nSPS) is 16.9. The molecule has 6 nitrogen and oxygen atoms in total. The van der Waals surface area contributed by atoms with Crippen LogP contribution in [0, 0.1) is 0 Å². The van der Waals surface area contributed by atoms with Crippen molar-refractivity contribution in [3.63, 3.8) is 0 Å². The third-order valence-electron chi connectivity index (χ3n) is 2.59. The molecule has 0 aromatic carbocycles. The number of Topliss-reactive ketones (excluding diaryl/α,β-unsaturated/α-hetero) is 1. The molecule has 0 spiro atoms. The van der Waals surface area contributed by atoms with Crippen LogP contribution >= 0.6 is 0 Å². The van der Waals surface area contributed by atoms with Gasteiger partial charge in [-0.25, -0.2) is 4.98 Å². The summed E-state index contributed by atoms with van der Waals surface area (Å²) in [6.45, 7) is 3.50. The van der Waals surface area contributed by atoms with Gasteiger partial charge in [0.15, 0.2) is 11.6 Å². The van der Waals surface area contributed by atoms with Crippen LogP contribution in [0.3, 0.4) is 0 Å². The van der Waals surface area contributed by atoms with Crippen LogP contribution in [0.25, 0.3) is 0 Å². The third-order valence-corrected chi connectivity index (χ3v) is 2.59. The molecular weight excluding hydrogens is 196 g/mol. The number of imidazole rings is 1. The molecule has 1 atom stereocenters. The van der Waals surface area contributed by atoms with E-state index in [0.29, 0.717) is 18.2 Å². The fourth-order valence-corrected chi connectivity index (χ4v) is 1.50. The maximum absolute atomic E-state index is 11.9. The molecule has 1 aliphatic heterocycles. The van der Waals surface area contributed by atoms with E-state index in [0.717, 1.165) is 0 Å². The number of ketones is 1. The van der Waals surface area contributed by atoms with Crippen molar-refractivity contribution in [1.29, 1.82) is 0 Å². The number of amides is 1. The second-order valence-corrected chi connectivity index (χ2v) is 3.52. The predicted molar refractivity (Wildman–Crippen MR) is 53.4 cm³/mol. The first kappa shape index (κ1) is 9.70. The highest BCUT2D eigenvalue weighted by Gasteiger charge is 2.31. The average Bonchev–Trinajstić information content (AvgIpc) is 2.66. The Morgan fingerprint density at radius 2 is 2.40 bits per heavy atom. The van der Waals surface area contributed by atoms with Crippen molar-refractivity contribution in [3.05, 3.63) is 12.0 Å². The molecule has 0 radical (unpaired) electrons. The Morgan fingerprint density at radius 1 is 1.67 bits per heavy atom. The highest BCUT2D eigenvalue weighted by molar-refractivity contribution is 6.00. The molecule has 0 saturated carbocycles. The average molecular weight is 208 g/mol. The number of fused-ring (bicyclic) bond motifs is 1. The van der Waals surface area contributed by atoms with E-state index in [1.54, 1.807) is 6.92 Å². The fraction of sp³-hybridized carbons (Fsp3) is 0.444. The van der Waals surface area contributed by atoms with Crippen molar-refractivity contribution in [2.75, 3.05) is 12.0 Å². The number of anilines is 1. The summed E-state index contributed by atoms with van der Waals surface area (Å²) in [5.41, 5.74) is 0.411. The van der Waals surface area contributed by atoms with Crippen LogP contribution in [-0.2, 0) is 4.79 Å². The van der Waals surface area contributed by atoms with Gasteiger partial charge in [0.2, 0.25) is 0 Å². The second-order valence-electron chi connectivity index (χ2n) is 3.52. The van der Waals surface area contributed by atoms with Gasteiger partial charge in [0.05, 0.1) is 19.0 Å². The Bertz CT molecular complexity index is 412.